The quantitative estimate of drug-likeness (QED) is 0.657. The molecule has 0 aliphatic carbocycles. The number of hydrogen-bond acceptors (Lipinski definition) is 5. The van der Waals surface area contributed by atoms with Gasteiger partial charge in [0.25, 0.3) is 0 Å². The summed E-state index contributed by atoms with van der Waals surface area (Å²) in [7, 11) is 0. The largest absolute Gasteiger partial charge is 0.491 e. The van der Waals surface area contributed by atoms with Crippen LogP contribution in [0, 0.1) is 5.41 Å². The summed E-state index contributed by atoms with van der Waals surface area (Å²) in [5.74, 6) is 0.670. The Morgan fingerprint density at radius 1 is 1.14 bits per heavy atom. The van der Waals surface area contributed by atoms with Crippen molar-refractivity contribution in [3.63, 3.8) is 0 Å². The zero-order chi connectivity index (χ0) is 20.5. The molecule has 0 aromatic heterocycles. The van der Waals surface area contributed by atoms with Crippen LogP contribution < -0.4 is 4.74 Å². The van der Waals surface area contributed by atoms with Crippen LogP contribution >= 0.6 is 0 Å². The molecule has 5 heteroatoms. The normalized spacial score (nSPS) is 19.7. The number of benzene rings is 2. The number of nitrogens with zero attached hydrogens (tertiary/aromatic N) is 1. The molecule has 0 spiro atoms. The molecule has 1 fully saturated rings. The molecular weight excluding hydrogens is 366 g/mol. The van der Waals surface area contributed by atoms with Crippen LogP contribution in [-0.2, 0) is 22.5 Å². The molecule has 2 aromatic rings. The molecule has 0 amide bonds. The fraction of sp³-hybridized carbons (Fsp3) is 0.458. The Labute approximate surface area is 173 Å². The number of carbonyl (C=O) groups is 1. The highest BCUT2D eigenvalue weighted by Gasteiger charge is 2.43. The van der Waals surface area contributed by atoms with Crippen LogP contribution in [0.2, 0.25) is 0 Å². The molecule has 1 unspecified atom stereocenters. The summed E-state index contributed by atoms with van der Waals surface area (Å²) in [6.45, 7) is 4.95. The van der Waals surface area contributed by atoms with E-state index in [2.05, 4.69) is 23.1 Å². The molecule has 1 aliphatic heterocycles. The predicted octanol–water partition coefficient (Wildman–Crippen LogP) is 3.45. The smallest absolute Gasteiger partial charge is 0.313 e. The number of rotatable bonds is 9. The van der Waals surface area contributed by atoms with Crippen LogP contribution in [0.15, 0.2) is 54.6 Å². The summed E-state index contributed by atoms with van der Waals surface area (Å²) in [6.07, 6.45) is 2.51. The van der Waals surface area contributed by atoms with Crippen molar-refractivity contribution >= 4 is 5.97 Å². The minimum absolute atomic E-state index is 0.00208. The number of hydrogen-bond donors (Lipinski definition) is 1. The van der Waals surface area contributed by atoms with E-state index < -0.39 is 5.41 Å². The van der Waals surface area contributed by atoms with Crippen LogP contribution in [0.5, 0.6) is 5.75 Å². The van der Waals surface area contributed by atoms with Gasteiger partial charge < -0.3 is 14.6 Å². The van der Waals surface area contributed by atoms with E-state index in [0.717, 1.165) is 37.2 Å². The van der Waals surface area contributed by atoms with Crippen LogP contribution in [0.25, 0.3) is 0 Å². The standard InChI is InChI=1S/C24H31NO4/c1-2-28-23(27)24(17-20-8-4-3-5-9-20)12-7-13-25(19-24)18-21-10-6-11-22(16-21)29-15-14-26/h3-6,8-11,16,26H,2,7,12-15,17-19H2,1H3. The summed E-state index contributed by atoms with van der Waals surface area (Å²) in [4.78, 5) is 15.3. The van der Waals surface area contributed by atoms with Crippen LogP contribution in [0.3, 0.4) is 0 Å². The Morgan fingerprint density at radius 2 is 1.93 bits per heavy atom. The lowest BCUT2D eigenvalue weighted by Gasteiger charge is -2.41. The second-order valence-electron chi connectivity index (χ2n) is 7.70. The summed E-state index contributed by atoms with van der Waals surface area (Å²) < 4.78 is 11.0. The maximum Gasteiger partial charge on any atom is 0.313 e. The van der Waals surface area contributed by atoms with Crippen molar-refractivity contribution in [1.29, 1.82) is 0 Å². The zero-order valence-corrected chi connectivity index (χ0v) is 17.2. The van der Waals surface area contributed by atoms with Gasteiger partial charge in [0.2, 0.25) is 0 Å². The van der Waals surface area contributed by atoms with Crippen molar-refractivity contribution in [3.05, 3.63) is 65.7 Å². The SMILES string of the molecule is CCOC(=O)C1(Cc2ccccc2)CCCN(Cc2cccc(OCCO)c2)C1. The second-order valence-corrected chi connectivity index (χ2v) is 7.70. The van der Waals surface area contributed by atoms with Crippen molar-refractivity contribution in [2.45, 2.75) is 32.7 Å². The third kappa shape index (κ3) is 5.81. The van der Waals surface area contributed by atoms with Crippen molar-refractivity contribution < 1.29 is 19.4 Å². The third-order valence-corrected chi connectivity index (χ3v) is 5.41. The van der Waals surface area contributed by atoms with E-state index in [1.165, 1.54) is 5.56 Å². The topological polar surface area (TPSA) is 59.0 Å². The van der Waals surface area contributed by atoms with Gasteiger partial charge in [-0.1, -0.05) is 42.5 Å². The maximum absolute atomic E-state index is 13.0. The lowest BCUT2D eigenvalue weighted by atomic mass is 9.75. The number of esters is 1. The van der Waals surface area contributed by atoms with Gasteiger partial charge >= 0.3 is 5.97 Å². The summed E-state index contributed by atoms with van der Waals surface area (Å²) in [6, 6.07) is 18.2. The van der Waals surface area contributed by atoms with Gasteiger partial charge in [-0.25, -0.2) is 0 Å². The Hall–Kier alpha value is -2.37. The summed E-state index contributed by atoms with van der Waals surface area (Å²) in [5, 5.41) is 8.96. The van der Waals surface area contributed by atoms with Gasteiger partial charge in [-0.3, -0.25) is 9.69 Å². The highest BCUT2D eigenvalue weighted by molar-refractivity contribution is 5.77. The highest BCUT2D eigenvalue weighted by Crippen LogP contribution is 2.36. The molecule has 5 nitrogen and oxygen atoms in total. The van der Waals surface area contributed by atoms with E-state index in [1.54, 1.807) is 0 Å². The average molecular weight is 398 g/mol. The first kappa shape index (κ1) is 21.3. The van der Waals surface area contributed by atoms with E-state index in [4.69, 9.17) is 14.6 Å². The van der Waals surface area contributed by atoms with Crippen LogP contribution in [0.4, 0.5) is 0 Å². The first-order valence-electron chi connectivity index (χ1n) is 10.4. The fourth-order valence-corrected chi connectivity index (χ4v) is 4.17. The van der Waals surface area contributed by atoms with Crippen molar-refractivity contribution in [1.82, 2.24) is 4.90 Å². The van der Waals surface area contributed by atoms with E-state index in [0.29, 0.717) is 19.6 Å². The maximum atomic E-state index is 13.0. The minimum atomic E-state index is -0.513. The number of likely N-dealkylation sites (tertiary alicyclic amines) is 1. The van der Waals surface area contributed by atoms with Crippen LogP contribution in [-0.4, -0.2) is 48.9 Å². The Bertz CT molecular complexity index is 779. The number of carbonyl (C=O) groups excluding carboxylic acids is 1. The van der Waals surface area contributed by atoms with E-state index in [1.807, 2.05) is 43.3 Å². The molecule has 1 saturated heterocycles. The first-order valence-corrected chi connectivity index (χ1v) is 10.4. The average Bonchev–Trinajstić information content (AvgIpc) is 2.74. The summed E-state index contributed by atoms with van der Waals surface area (Å²) in [5.41, 5.74) is 1.79. The monoisotopic (exact) mass is 397 g/mol. The molecule has 0 radical (unpaired) electrons. The molecule has 1 heterocycles. The zero-order valence-electron chi connectivity index (χ0n) is 17.2. The lowest BCUT2D eigenvalue weighted by Crippen LogP contribution is -2.49. The Kier molecular flexibility index (Phi) is 7.67. The van der Waals surface area contributed by atoms with E-state index in [9.17, 15) is 4.79 Å². The van der Waals surface area contributed by atoms with Gasteiger partial charge in [-0.05, 0) is 56.0 Å². The molecule has 0 bridgehead atoms. The second kappa shape index (κ2) is 10.4. The van der Waals surface area contributed by atoms with Gasteiger partial charge in [0, 0.05) is 13.1 Å². The fourth-order valence-electron chi connectivity index (χ4n) is 4.17. The van der Waals surface area contributed by atoms with Crippen molar-refractivity contribution in [2.75, 3.05) is 32.9 Å². The molecule has 29 heavy (non-hydrogen) atoms. The summed E-state index contributed by atoms with van der Waals surface area (Å²) >= 11 is 0. The molecule has 1 atom stereocenters. The number of piperidine rings is 1. The number of ether oxygens (including phenoxy) is 2. The van der Waals surface area contributed by atoms with Gasteiger partial charge in [0.15, 0.2) is 0 Å². The van der Waals surface area contributed by atoms with Crippen molar-refractivity contribution in [3.8, 4) is 5.75 Å². The number of aliphatic hydroxyl groups excluding tert-OH is 1. The predicted molar refractivity (Wildman–Crippen MR) is 113 cm³/mol. The first-order chi connectivity index (χ1) is 14.1. The molecule has 2 aromatic carbocycles. The minimum Gasteiger partial charge on any atom is -0.491 e. The van der Waals surface area contributed by atoms with Gasteiger partial charge in [0.1, 0.15) is 12.4 Å². The third-order valence-electron chi connectivity index (χ3n) is 5.41. The molecule has 0 saturated carbocycles. The highest BCUT2D eigenvalue weighted by atomic mass is 16.5. The Morgan fingerprint density at radius 3 is 2.69 bits per heavy atom. The molecule has 156 valence electrons. The van der Waals surface area contributed by atoms with Crippen molar-refractivity contribution in [2.24, 2.45) is 5.41 Å². The van der Waals surface area contributed by atoms with E-state index in [-0.39, 0.29) is 19.2 Å². The lowest BCUT2D eigenvalue weighted by molar-refractivity contribution is -0.159. The van der Waals surface area contributed by atoms with Crippen LogP contribution in [0.1, 0.15) is 30.9 Å². The Balaban J connectivity index is 1.75. The van der Waals surface area contributed by atoms with Gasteiger partial charge in [0.05, 0.1) is 18.6 Å². The molecular formula is C24H31NO4. The van der Waals surface area contributed by atoms with E-state index >= 15 is 0 Å². The number of aliphatic hydroxyl groups is 1. The van der Waals surface area contributed by atoms with Gasteiger partial charge in [-0.2, -0.15) is 0 Å². The molecule has 3 rings (SSSR count). The molecule has 1 aliphatic rings. The molecule has 1 N–H and O–H groups in total. The van der Waals surface area contributed by atoms with Gasteiger partial charge in [-0.15, -0.1) is 0 Å².